The Bertz CT molecular complexity index is 531. The van der Waals surface area contributed by atoms with E-state index in [9.17, 15) is 9.00 Å². The number of amides is 1. The average Bonchev–Trinajstić information content (AvgIpc) is 2.83. The maximum absolute atomic E-state index is 12.6. The highest BCUT2D eigenvalue weighted by Gasteiger charge is 2.50. The molecule has 2 fully saturated rings. The van der Waals surface area contributed by atoms with Crippen molar-refractivity contribution in [2.45, 2.75) is 89.7 Å². The van der Waals surface area contributed by atoms with Crippen LogP contribution in [-0.4, -0.2) is 57.9 Å². The molecule has 0 unspecified atom stereocenters. The van der Waals surface area contributed by atoms with Gasteiger partial charge in [-0.1, -0.05) is 0 Å². The first-order valence-electron chi connectivity index (χ1n) is 9.55. The molecule has 26 heavy (non-hydrogen) atoms. The highest BCUT2D eigenvalue weighted by Crippen LogP contribution is 2.47. The lowest BCUT2D eigenvalue weighted by atomic mass is 9.74. The van der Waals surface area contributed by atoms with Crippen LogP contribution in [0.2, 0.25) is 0 Å². The van der Waals surface area contributed by atoms with Gasteiger partial charge in [0.2, 0.25) is 0 Å². The Balaban J connectivity index is 2.05. The van der Waals surface area contributed by atoms with Crippen LogP contribution in [0.3, 0.4) is 0 Å². The Kier molecular flexibility index (Phi) is 6.46. The number of hydrogen-bond donors (Lipinski definition) is 1. The molecule has 3 atom stereocenters. The number of methoxy groups -OCH3 is 1. The fraction of sp³-hybridized carbons (Fsp3) is 0.947. The van der Waals surface area contributed by atoms with E-state index in [0.29, 0.717) is 13.1 Å². The molecule has 0 aromatic carbocycles. The van der Waals surface area contributed by atoms with Gasteiger partial charge in [-0.3, -0.25) is 0 Å². The summed E-state index contributed by atoms with van der Waals surface area (Å²) < 4.78 is 26.9. The lowest BCUT2D eigenvalue weighted by molar-refractivity contribution is 0.00589. The minimum atomic E-state index is -1.11. The number of piperidine rings is 1. The maximum atomic E-state index is 12.6. The molecule has 0 aromatic rings. The second-order valence-electron chi connectivity index (χ2n) is 9.68. The zero-order valence-electron chi connectivity index (χ0n) is 17.4. The summed E-state index contributed by atoms with van der Waals surface area (Å²) in [5.41, 5.74) is -0.450. The Labute approximate surface area is 161 Å². The molecular weight excluding hydrogens is 352 g/mol. The van der Waals surface area contributed by atoms with E-state index in [0.717, 1.165) is 25.7 Å². The first kappa shape index (κ1) is 21.6. The first-order valence-corrected chi connectivity index (χ1v) is 10.7. The van der Waals surface area contributed by atoms with Crippen LogP contribution in [-0.2, 0) is 20.5 Å². The lowest BCUT2D eigenvalue weighted by Crippen LogP contribution is -2.52. The normalized spacial score (nSPS) is 27.6. The summed E-state index contributed by atoms with van der Waals surface area (Å²) >= 11 is 0. The van der Waals surface area contributed by atoms with E-state index in [2.05, 4.69) is 4.72 Å². The summed E-state index contributed by atoms with van der Waals surface area (Å²) in [6.45, 7) is 13.0. The lowest BCUT2D eigenvalue weighted by Gasteiger charge is -2.43. The minimum absolute atomic E-state index is 0.0279. The molecule has 1 saturated heterocycles. The van der Waals surface area contributed by atoms with Crippen molar-refractivity contribution in [1.82, 2.24) is 9.62 Å². The average molecular weight is 389 g/mol. The highest BCUT2D eigenvalue weighted by atomic mass is 32.2. The summed E-state index contributed by atoms with van der Waals surface area (Å²) in [4.78, 5) is 14.1. The van der Waals surface area contributed by atoms with Gasteiger partial charge in [0.25, 0.3) is 0 Å². The molecule has 1 saturated carbocycles. The number of nitrogens with zero attached hydrogens (tertiary/aromatic N) is 1. The van der Waals surface area contributed by atoms with E-state index in [-0.39, 0.29) is 28.4 Å². The summed E-state index contributed by atoms with van der Waals surface area (Å²) in [5, 5.41) is 0. The Morgan fingerprint density at radius 3 is 2.19 bits per heavy atom. The van der Waals surface area contributed by atoms with E-state index in [1.807, 2.05) is 41.5 Å². The smallest absolute Gasteiger partial charge is 0.410 e. The third-order valence-corrected chi connectivity index (χ3v) is 7.03. The van der Waals surface area contributed by atoms with Gasteiger partial charge in [-0.15, -0.1) is 0 Å². The second kappa shape index (κ2) is 7.76. The third-order valence-electron chi connectivity index (χ3n) is 5.42. The number of carbonyl (C=O) groups excluding carboxylic acids is 1. The van der Waals surface area contributed by atoms with Gasteiger partial charge in [-0.2, -0.15) is 0 Å². The van der Waals surface area contributed by atoms with Crippen molar-refractivity contribution in [1.29, 1.82) is 0 Å². The monoisotopic (exact) mass is 388 g/mol. The molecule has 1 amide bonds. The van der Waals surface area contributed by atoms with Crippen LogP contribution in [0.5, 0.6) is 0 Å². The zero-order valence-corrected chi connectivity index (χ0v) is 18.2. The molecule has 6 nitrogen and oxygen atoms in total. The SMILES string of the molecule is CO[C@@H]1C[C@@H](N[S@@](=O)C(C)(C)C)C2(CCN(C(=O)OC(C)(C)C)CC2)C1. The molecule has 0 radical (unpaired) electrons. The molecule has 1 aliphatic heterocycles. The van der Waals surface area contributed by atoms with Gasteiger partial charge < -0.3 is 14.4 Å². The van der Waals surface area contributed by atoms with E-state index in [4.69, 9.17) is 9.47 Å². The number of nitrogens with one attached hydrogen (secondary N) is 1. The number of rotatable bonds is 3. The Morgan fingerprint density at radius 2 is 1.73 bits per heavy atom. The van der Waals surface area contributed by atoms with Crippen molar-refractivity contribution in [3.8, 4) is 0 Å². The van der Waals surface area contributed by atoms with E-state index in [1.165, 1.54) is 0 Å². The van der Waals surface area contributed by atoms with E-state index in [1.54, 1.807) is 12.0 Å². The van der Waals surface area contributed by atoms with Crippen molar-refractivity contribution in [2.75, 3.05) is 20.2 Å². The molecule has 152 valence electrons. The largest absolute Gasteiger partial charge is 0.444 e. The molecule has 2 rings (SSSR count). The van der Waals surface area contributed by atoms with Crippen LogP contribution in [0.25, 0.3) is 0 Å². The number of likely N-dealkylation sites (tertiary alicyclic amines) is 1. The molecule has 1 spiro atoms. The summed E-state index contributed by atoms with van der Waals surface area (Å²) in [6, 6.07) is 0.147. The standard InChI is InChI=1S/C19H36N2O4S/c1-17(2,3)25-16(22)21-10-8-19(9-11-21)13-14(24-7)12-15(19)20-26(23)18(4,5)6/h14-15,20H,8-13H2,1-7H3/t14-,15-,26+/m1/s1. The fourth-order valence-corrected chi connectivity index (χ4v) is 4.82. The van der Waals surface area contributed by atoms with Gasteiger partial charge in [0, 0.05) is 26.2 Å². The van der Waals surface area contributed by atoms with E-state index >= 15 is 0 Å². The van der Waals surface area contributed by atoms with Crippen LogP contribution in [0.1, 0.15) is 67.2 Å². The molecule has 1 heterocycles. The predicted octanol–water partition coefficient (Wildman–Crippen LogP) is 3.23. The predicted molar refractivity (Wildman–Crippen MR) is 104 cm³/mol. The maximum Gasteiger partial charge on any atom is 0.410 e. The number of hydrogen-bond acceptors (Lipinski definition) is 4. The summed E-state index contributed by atoms with van der Waals surface area (Å²) in [7, 11) is 0.634. The van der Waals surface area contributed by atoms with Crippen molar-refractivity contribution >= 4 is 17.1 Å². The quantitative estimate of drug-likeness (QED) is 0.806. The molecule has 1 N–H and O–H groups in total. The van der Waals surface area contributed by atoms with E-state index < -0.39 is 16.6 Å². The molecular formula is C19H36N2O4S. The summed E-state index contributed by atoms with van der Waals surface area (Å²) in [5.74, 6) is 0. The topological polar surface area (TPSA) is 67.9 Å². The minimum Gasteiger partial charge on any atom is -0.444 e. The van der Waals surface area contributed by atoms with Crippen molar-refractivity contribution < 1.29 is 18.5 Å². The number of carbonyl (C=O) groups is 1. The van der Waals surface area contributed by atoms with Crippen molar-refractivity contribution in [3.05, 3.63) is 0 Å². The molecule has 0 bridgehead atoms. The van der Waals surface area contributed by atoms with Crippen LogP contribution in [0.4, 0.5) is 4.79 Å². The molecule has 2 aliphatic rings. The zero-order chi connectivity index (χ0) is 19.8. The van der Waals surface area contributed by atoms with Gasteiger partial charge in [0.15, 0.2) is 0 Å². The Hall–Kier alpha value is -0.660. The fourth-order valence-electron chi connectivity index (χ4n) is 3.86. The Morgan fingerprint density at radius 1 is 1.15 bits per heavy atom. The molecule has 7 heteroatoms. The second-order valence-corrected chi connectivity index (χ2v) is 11.7. The molecule has 0 aromatic heterocycles. The van der Waals surface area contributed by atoms with Crippen LogP contribution in [0.15, 0.2) is 0 Å². The van der Waals surface area contributed by atoms with Crippen molar-refractivity contribution in [2.24, 2.45) is 5.41 Å². The van der Waals surface area contributed by atoms with Crippen LogP contribution < -0.4 is 4.72 Å². The van der Waals surface area contributed by atoms with Gasteiger partial charge in [-0.25, -0.2) is 13.7 Å². The van der Waals surface area contributed by atoms with Crippen LogP contribution in [0, 0.1) is 5.41 Å². The third kappa shape index (κ3) is 5.20. The first-order chi connectivity index (χ1) is 11.9. The highest BCUT2D eigenvalue weighted by molar-refractivity contribution is 7.84. The summed E-state index contributed by atoms with van der Waals surface area (Å²) in [6.07, 6.45) is 3.51. The molecule has 1 aliphatic carbocycles. The number of ether oxygens (including phenoxy) is 2. The van der Waals surface area contributed by atoms with Crippen molar-refractivity contribution in [3.63, 3.8) is 0 Å². The van der Waals surface area contributed by atoms with Gasteiger partial charge >= 0.3 is 6.09 Å². The van der Waals surface area contributed by atoms with Gasteiger partial charge in [0.05, 0.1) is 21.8 Å². The van der Waals surface area contributed by atoms with Gasteiger partial charge in [0.1, 0.15) is 5.60 Å². The van der Waals surface area contributed by atoms with Crippen LogP contribution >= 0.6 is 0 Å². The van der Waals surface area contributed by atoms with Gasteiger partial charge in [-0.05, 0) is 72.6 Å².